The number of hydrogen-bond acceptors (Lipinski definition) is 4. The molecule has 1 aliphatic heterocycles. The van der Waals surface area contributed by atoms with Crippen LogP contribution in [0, 0.1) is 0 Å². The predicted molar refractivity (Wildman–Crippen MR) is 67.4 cm³/mol. The van der Waals surface area contributed by atoms with E-state index in [1.807, 2.05) is 0 Å². The highest BCUT2D eigenvalue weighted by Crippen LogP contribution is 2.21. The minimum atomic E-state index is -0.622. The van der Waals surface area contributed by atoms with Gasteiger partial charge in [0, 0.05) is 13.0 Å². The topological polar surface area (TPSA) is 64.4 Å². The molecule has 0 saturated heterocycles. The molecule has 1 aromatic rings. The Morgan fingerprint density at radius 1 is 1.50 bits per heavy atom. The molecule has 98 valence electrons. The highest BCUT2D eigenvalue weighted by molar-refractivity contribution is 9.10. The third kappa shape index (κ3) is 2.40. The molecule has 0 unspecified atom stereocenters. The summed E-state index contributed by atoms with van der Waals surface area (Å²) in [5.74, 6) is 0. The first-order chi connectivity index (χ1) is 8.29. The van der Waals surface area contributed by atoms with E-state index < -0.39 is 17.7 Å². The summed E-state index contributed by atoms with van der Waals surface area (Å²) in [5.41, 5.74) is 0.160. The van der Waals surface area contributed by atoms with Gasteiger partial charge >= 0.3 is 12.1 Å². The number of fused-ring (bicyclic) bond motifs is 1. The quantitative estimate of drug-likeness (QED) is 0.737. The standard InChI is InChI=1S/C11H14BrN3O3/c1-11(2,3)18-10(17)14-5-4-7-8(12)13-6-15(7)9(14)16/h6H,4-5H2,1-3H3. The molecule has 0 aliphatic carbocycles. The zero-order chi connectivity index (χ0) is 13.5. The fourth-order valence-electron chi connectivity index (χ4n) is 1.67. The van der Waals surface area contributed by atoms with Crippen LogP contribution in [0.1, 0.15) is 26.5 Å². The predicted octanol–water partition coefficient (Wildman–Crippen LogP) is 2.41. The average molecular weight is 316 g/mol. The molecule has 2 heterocycles. The second kappa shape index (κ2) is 4.38. The number of ether oxygens (including phenoxy) is 1. The minimum absolute atomic E-state index is 0.304. The Labute approximate surface area is 113 Å². The molecule has 0 radical (unpaired) electrons. The number of carbonyl (C=O) groups excluding carboxylic acids is 2. The van der Waals surface area contributed by atoms with Gasteiger partial charge in [0.1, 0.15) is 16.5 Å². The van der Waals surface area contributed by atoms with E-state index >= 15 is 0 Å². The number of carbonyl (C=O) groups is 2. The van der Waals surface area contributed by atoms with Crippen LogP contribution >= 0.6 is 15.9 Å². The van der Waals surface area contributed by atoms with Crippen molar-refractivity contribution >= 4 is 28.1 Å². The number of amides is 2. The summed E-state index contributed by atoms with van der Waals surface area (Å²) in [6, 6.07) is -0.427. The SMILES string of the molecule is CC(C)(C)OC(=O)N1CCc2c(Br)ncn2C1=O. The Hall–Kier alpha value is -1.37. The third-order valence-electron chi connectivity index (χ3n) is 2.44. The van der Waals surface area contributed by atoms with E-state index in [0.29, 0.717) is 17.6 Å². The molecule has 0 bridgehead atoms. The third-order valence-corrected chi connectivity index (χ3v) is 3.10. The van der Waals surface area contributed by atoms with E-state index in [1.54, 1.807) is 20.8 Å². The van der Waals surface area contributed by atoms with Gasteiger partial charge in [0.2, 0.25) is 0 Å². The van der Waals surface area contributed by atoms with E-state index in [2.05, 4.69) is 20.9 Å². The van der Waals surface area contributed by atoms with Crippen LogP contribution in [0.5, 0.6) is 0 Å². The van der Waals surface area contributed by atoms with Gasteiger partial charge < -0.3 is 4.74 Å². The van der Waals surface area contributed by atoms with Crippen molar-refractivity contribution in [2.24, 2.45) is 0 Å². The Morgan fingerprint density at radius 3 is 2.78 bits per heavy atom. The minimum Gasteiger partial charge on any atom is -0.443 e. The summed E-state index contributed by atoms with van der Waals surface area (Å²) in [5, 5.41) is 0. The van der Waals surface area contributed by atoms with E-state index in [9.17, 15) is 9.59 Å². The number of nitrogens with zero attached hydrogens (tertiary/aromatic N) is 3. The molecule has 6 nitrogen and oxygen atoms in total. The first kappa shape index (κ1) is 13.1. The first-order valence-electron chi connectivity index (χ1n) is 5.56. The lowest BCUT2D eigenvalue weighted by atomic mass is 10.2. The Bertz CT molecular complexity index is 504. The lowest BCUT2D eigenvalue weighted by molar-refractivity contribution is 0.0312. The highest BCUT2D eigenvalue weighted by atomic mass is 79.9. The fraction of sp³-hybridized carbons (Fsp3) is 0.545. The molecule has 0 spiro atoms. The van der Waals surface area contributed by atoms with Gasteiger partial charge in [-0.25, -0.2) is 19.5 Å². The number of aromatic nitrogens is 2. The van der Waals surface area contributed by atoms with Crippen molar-refractivity contribution in [2.45, 2.75) is 32.8 Å². The number of imidazole rings is 1. The summed E-state index contributed by atoms with van der Waals surface area (Å²) in [6.07, 6.45) is 1.34. The Balaban J connectivity index is 2.19. The summed E-state index contributed by atoms with van der Waals surface area (Å²) in [4.78, 5) is 29.0. The van der Waals surface area contributed by atoms with Gasteiger partial charge in [-0.3, -0.25) is 4.57 Å². The van der Waals surface area contributed by atoms with E-state index in [0.717, 1.165) is 10.6 Å². The molecule has 2 amide bonds. The normalized spacial score (nSPS) is 15.6. The maximum Gasteiger partial charge on any atom is 0.418 e. The highest BCUT2D eigenvalue weighted by Gasteiger charge is 2.33. The van der Waals surface area contributed by atoms with Crippen LogP contribution in [0.4, 0.5) is 9.59 Å². The molecule has 0 fully saturated rings. The molecule has 0 N–H and O–H groups in total. The lowest BCUT2D eigenvalue weighted by Crippen LogP contribution is -2.47. The molecule has 1 aliphatic rings. The number of hydrogen-bond donors (Lipinski definition) is 0. The Morgan fingerprint density at radius 2 is 2.17 bits per heavy atom. The largest absolute Gasteiger partial charge is 0.443 e. The molecular formula is C11H14BrN3O3. The van der Waals surface area contributed by atoms with Gasteiger partial charge in [0.25, 0.3) is 0 Å². The average Bonchev–Trinajstić information content (AvgIpc) is 2.59. The summed E-state index contributed by atoms with van der Waals surface area (Å²) < 4.78 is 7.19. The van der Waals surface area contributed by atoms with Gasteiger partial charge in [0.05, 0.1) is 5.69 Å². The number of imide groups is 1. The smallest absolute Gasteiger partial charge is 0.418 e. The van der Waals surface area contributed by atoms with Gasteiger partial charge in [-0.05, 0) is 36.7 Å². The van der Waals surface area contributed by atoms with Crippen molar-refractivity contribution in [1.82, 2.24) is 14.5 Å². The first-order valence-corrected chi connectivity index (χ1v) is 6.35. The monoisotopic (exact) mass is 315 g/mol. The van der Waals surface area contributed by atoms with Crippen LogP contribution in [0.15, 0.2) is 10.9 Å². The number of rotatable bonds is 0. The van der Waals surface area contributed by atoms with Gasteiger partial charge in [0.15, 0.2) is 0 Å². The van der Waals surface area contributed by atoms with Gasteiger partial charge in [-0.15, -0.1) is 0 Å². The summed E-state index contributed by atoms with van der Waals surface area (Å²) in [7, 11) is 0. The zero-order valence-electron chi connectivity index (χ0n) is 10.4. The van der Waals surface area contributed by atoms with Gasteiger partial charge in [-0.2, -0.15) is 0 Å². The van der Waals surface area contributed by atoms with Crippen molar-refractivity contribution in [1.29, 1.82) is 0 Å². The van der Waals surface area contributed by atoms with E-state index in [-0.39, 0.29) is 0 Å². The summed E-state index contributed by atoms with van der Waals surface area (Å²) in [6.45, 7) is 5.59. The van der Waals surface area contributed by atoms with Crippen molar-refractivity contribution in [2.75, 3.05) is 6.54 Å². The van der Waals surface area contributed by atoms with Crippen LogP contribution < -0.4 is 0 Å². The fourth-order valence-corrected chi connectivity index (χ4v) is 2.15. The van der Waals surface area contributed by atoms with Crippen LogP contribution in [-0.4, -0.2) is 38.7 Å². The molecule has 0 atom stereocenters. The second-order valence-corrected chi connectivity index (χ2v) is 5.77. The molecule has 0 aromatic carbocycles. The molecular weight excluding hydrogens is 302 g/mol. The lowest BCUT2D eigenvalue weighted by Gasteiger charge is -2.29. The molecule has 0 saturated carbocycles. The van der Waals surface area contributed by atoms with Crippen molar-refractivity contribution < 1.29 is 14.3 Å². The van der Waals surface area contributed by atoms with E-state index in [1.165, 1.54) is 10.9 Å². The second-order valence-electron chi connectivity index (χ2n) is 5.02. The van der Waals surface area contributed by atoms with Crippen LogP contribution in [0.3, 0.4) is 0 Å². The molecule has 18 heavy (non-hydrogen) atoms. The molecule has 1 aromatic heterocycles. The van der Waals surface area contributed by atoms with Gasteiger partial charge in [-0.1, -0.05) is 0 Å². The summed E-state index contributed by atoms with van der Waals surface area (Å²) >= 11 is 3.27. The van der Waals surface area contributed by atoms with Crippen molar-refractivity contribution in [3.8, 4) is 0 Å². The molecule has 2 rings (SSSR count). The van der Waals surface area contributed by atoms with E-state index in [4.69, 9.17) is 4.74 Å². The maximum atomic E-state index is 12.1. The van der Waals surface area contributed by atoms with Crippen molar-refractivity contribution in [3.05, 3.63) is 16.6 Å². The zero-order valence-corrected chi connectivity index (χ0v) is 12.0. The number of halogens is 1. The van der Waals surface area contributed by atoms with Crippen LogP contribution in [0.25, 0.3) is 0 Å². The van der Waals surface area contributed by atoms with Crippen LogP contribution in [-0.2, 0) is 11.2 Å². The maximum absolute atomic E-state index is 12.1. The van der Waals surface area contributed by atoms with Crippen molar-refractivity contribution in [3.63, 3.8) is 0 Å². The molecule has 7 heteroatoms. The Kier molecular flexibility index (Phi) is 3.18. The van der Waals surface area contributed by atoms with Crippen LogP contribution in [0.2, 0.25) is 0 Å².